The van der Waals surface area contributed by atoms with Crippen LogP contribution in [0.3, 0.4) is 0 Å². The minimum Gasteiger partial charge on any atom is -0.462 e. The largest absolute Gasteiger partial charge is 0.469 e. The average Bonchev–Trinajstić information content (AvgIpc) is 2.79. The molecule has 0 unspecified atom stereocenters. The molecule has 0 aromatic heterocycles. The minimum atomic E-state index is -4.77. The first-order valence-corrected chi connectivity index (χ1v) is 13.6. The van der Waals surface area contributed by atoms with Gasteiger partial charge in [-0.25, -0.2) is 4.57 Å². The Balaban J connectivity index is 4.22. The molecule has 0 aromatic rings. The van der Waals surface area contributed by atoms with E-state index in [0.29, 0.717) is 12.8 Å². The predicted molar refractivity (Wildman–Crippen MR) is 136 cm³/mol. The Kier molecular flexibility index (Phi) is 19.8. The number of esters is 2. The summed E-state index contributed by atoms with van der Waals surface area (Å²) in [4.78, 5) is 40.4. The van der Waals surface area contributed by atoms with Crippen LogP contribution in [-0.2, 0) is 28.2 Å². The van der Waals surface area contributed by atoms with Crippen LogP contribution in [-0.4, -0.2) is 63.5 Å². The smallest absolute Gasteiger partial charge is 0.462 e. The fourth-order valence-corrected chi connectivity index (χ4v) is 3.12. The number of hydrogen-bond donors (Lipinski definition) is 4. The fourth-order valence-electron chi connectivity index (χ4n) is 2.76. The van der Waals surface area contributed by atoms with E-state index in [-0.39, 0.29) is 12.8 Å². The molecular weight excluding hydrogens is 491 g/mol. The third-order valence-corrected chi connectivity index (χ3v) is 5.08. The Hall–Kier alpha value is -2.07. The summed E-state index contributed by atoms with van der Waals surface area (Å²) in [6.07, 6.45) is 17.3. The Labute approximate surface area is 213 Å². The van der Waals surface area contributed by atoms with Crippen molar-refractivity contribution in [3.05, 3.63) is 48.6 Å². The van der Waals surface area contributed by atoms with E-state index in [4.69, 9.17) is 19.3 Å². The first kappa shape index (κ1) is 33.9. The topological polar surface area (TPSA) is 160 Å². The third kappa shape index (κ3) is 23.7. The van der Waals surface area contributed by atoms with Crippen molar-refractivity contribution in [3.8, 4) is 0 Å². The highest BCUT2D eigenvalue weighted by Gasteiger charge is 2.22. The summed E-state index contributed by atoms with van der Waals surface area (Å²) in [6, 6.07) is 0. The number of rotatable bonds is 20. The van der Waals surface area contributed by atoms with Gasteiger partial charge in [0.2, 0.25) is 0 Å². The van der Waals surface area contributed by atoms with E-state index in [1.807, 2.05) is 6.08 Å². The highest BCUT2D eigenvalue weighted by Crippen LogP contribution is 2.35. The van der Waals surface area contributed by atoms with E-state index < -0.39 is 51.3 Å². The second kappa shape index (κ2) is 21.1. The number of allylic oxidation sites excluding steroid dienone is 5. The molecule has 206 valence electrons. The molecule has 0 aliphatic heterocycles. The number of ether oxygens (including phenoxy) is 2. The molecule has 0 aliphatic rings. The molecular formula is C25H41O10P. The highest BCUT2D eigenvalue weighted by molar-refractivity contribution is 7.46. The van der Waals surface area contributed by atoms with Crippen molar-refractivity contribution in [1.82, 2.24) is 0 Å². The predicted octanol–water partition coefficient (Wildman–Crippen LogP) is 3.66. The van der Waals surface area contributed by atoms with Crippen LogP contribution < -0.4 is 0 Å². The van der Waals surface area contributed by atoms with E-state index in [1.165, 1.54) is 19.3 Å². The van der Waals surface area contributed by atoms with Crippen molar-refractivity contribution < 1.29 is 48.2 Å². The van der Waals surface area contributed by atoms with Crippen molar-refractivity contribution in [2.75, 3.05) is 13.2 Å². The molecule has 0 fully saturated rings. The molecule has 0 amide bonds. The van der Waals surface area contributed by atoms with Crippen LogP contribution in [0.2, 0.25) is 0 Å². The van der Waals surface area contributed by atoms with E-state index >= 15 is 0 Å². The number of carbonyl (C=O) groups is 2. The molecule has 11 heteroatoms. The third-order valence-electron chi connectivity index (χ3n) is 4.60. The molecule has 0 heterocycles. The minimum absolute atomic E-state index is 0.0547. The van der Waals surface area contributed by atoms with E-state index in [1.54, 1.807) is 36.5 Å². The Morgan fingerprint density at radius 2 is 1.58 bits per heavy atom. The quantitative estimate of drug-likeness (QED) is 0.0599. The zero-order valence-corrected chi connectivity index (χ0v) is 22.0. The van der Waals surface area contributed by atoms with Crippen LogP contribution in [0.4, 0.5) is 0 Å². The maximum Gasteiger partial charge on any atom is 0.469 e. The zero-order chi connectivity index (χ0) is 27.2. The van der Waals surface area contributed by atoms with Crippen molar-refractivity contribution in [2.45, 2.75) is 83.5 Å². The highest BCUT2D eigenvalue weighted by atomic mass is 31.2. The number of phosphoric ester groups is 1. The average molecular weight is 533 g/mol. The second-order valence-electron chi connectivity index (χ2n) is 8.09. The van der Waals surface area contributed by atoms with E-state index in [9.17, 15) is 24.4 Å². The first-order chi connectivity index (χ1) is 17.0. The van der Waals surface area contributed by atoms with Crippen LogP contribution in [0.5, 0.6) is 0 Å². The Morgan fingerprint density at radius 1 is 0.917 bits per heavy atom. The molecule has 0 saturated heterocycles. The Morgan fingerprint density at radius 3 is 2.19 bits per heavy atom. The lowest BCUT2D eigenvalue weighted by molar-refractivity contribution is -0.160. The maximum absolute atomic E-state index is 12.0. The van der Waals surface area contributed by atoms with Gasteiger partial charge in [-0.1, -0.05) is 68.4 Å². The number of hydrogen-bond acceptors (Lipinski definition) is 8. The second-order valence-corrected chi connectivity index (χ2v) is 9.32. The molecule has 0 radical (unpaired) electrons. The maximum atomic E-state index is 12.0. The van der Waals surface area contributed by atoms with Crippen molar-refractivity contribution in [2.24, 2.45) is 0 Å². The van der Waals surface area contributed by atoms with Gasteiger partial charge < -0.3 is 29.5 Å². The van der Waals surface area contributed by atoms with Crippen LogP contribution in [0.1, 0.15) is 65.2 Å². The van der Waals surface area contributed by atoms with Gasteiger partial charge >= 0.3 is 19.8 Å². The van der Waals surface area contributed by atoms with E-state index in [0.717, 1.165) is 13.3 Å². The summed E-state index contributed by atoms with van der Waals surface area (Å²) in [5, 5.41) is 19.9. The summed E-state index contributed by atoms with van der Waals surface area (Å²) < 4.78 is 24.9. The molecule has 4 N–H and O–H groups in total. The van der Waals surface area contributed by atoms with Crippen molar-refractivity contribution in [3.63, 3.8) is 0 Å². The monoisotopic (exact) mass is 532 g/mol. The summed E-state index contributed by atoms with van der Waals surface area (Å²) in [6.45, 7) is 2.26. The lowest BCUT2D eigenvalue weighted by Gasteiger charge is -2.18. The molecule has 0 saturated carbocycles. The van der Waals surface area contributed by atoms with Crippen molar-refractivity contribution >= 4 is 19.8 Å². The van der Waals surface area contributed by atoms with Crippen LogP contribution in [0, 0.1) is 0 Å². The van der Waals surface area contributed by atoms with Gasteiger partial charge in [-0.15, -0.1) is 0 Å². The van der Waals surface area contributed by atoms with Gasteiger partial charge in [0, 0.05) is 13.3 Å². The lowest BCUT2D eigenvalue weighted by atomic mass is 10.1. The molecule has 3 atom stereocenters. The summed E-state index contributed by atoms with van der Waals surface area (Å²) in [5.74, 6) is -1.33. The van der Waals surface area contributed by atoms with Crippen LogP contribution >= 0.6 is 7.82 Å². The van der Waals surface area contributed by atoms with Gasteiger partial charge in [-0.3, -0.25) is 14.1 Å². The standard InChI is InChI=1S/C25H41O10P/c1-3-4-5-6-7-10-14-22(27)15-11-8-9-12-16-23(28)17-13-18-25(29)35-24(19-33-21(2)26)20-34-36(30,31)32/h7-12,15-16,22-24,27-28H,3-6,13-14,17-20H2,1-2H3,(H2,30,31,32)/b9-8+,10-7-,15-11+,16-12-/t22-,23-,24+/m0/s1. The molecule has 0 aliphatic carbocycles. The SMILES string of the molecule is CCCCC/C=C\C[C@H](O)/C=C/C=C/C=C\[C@H](O)CCCC(=O)O[C@H](COC(C)=O)COP(=O)(O)O. The van der Waals surface area contributed by atoms with Gasteiger partial charge in [-0.05, 0) is 32.1 Å². The van der Waals surface area contributed by atoms with Gasteiger partial charge in [0.15, 0.2) is 6.10 Å². The van der Waals surface area contributed by atoms with Crippen molar-refractivity contribution in [1.29, 1.82) is 0 Å². The zero-order valence-electron chi connectivity index (χ0n) is 21.1. The number of phosphoric acid groups is 1. The number of aliphatic hydroxyl groups is 2. The number of aliphatic hydroxyl groups excluding tert-OH is 2. The summed E-state index contributed by atoms with van der Waals surface area (Å²) in [5.41, 5.74) is 0. The van der Waals surface area contributed by atoms with Crippen LogP contribution in [0.15, 0.2) is 48.6 Å². The molecule has 0 bridgehead atoms. The van der Waals surface area contributed by atoms with Gasteiger partial charge in [0.05, 0.1) is 18.8 Å². The summed E-state index contributed by atoms with van der Waals surface area (Å²) in [7, 11) is -4.77. The van der Waals surface area contributed by atoms with Gasteiger partial charge in [0.25, 0.3) is 0 Å². The molecule has 0 rings (SSSR count). The summed E-state index contributed by atoms with van der Waals surface area (Å²) >= 11 is 0. The molecule has 0 aromatic carbocycles. The Bertz CT molecular complexity index is 769. The van der Waals surface area contributed by atoms with Gasteiger partial charge in [0.1, 0.15) is 6.61 Å². The number of unbranched alkanes of at least 4 members (excludes halogenated alkanes) is 3. The molecule has 10 nitrogen and oxygen atoms in total. The van der Waals surface area contributed by atoms with Gasteiger partial charge in [-0.2, -0.15) is 0 Å². The molecule has 36 heavy (non-hydrogen) atoms. The van der Waals surface area contributed by atoms with E-state index in [2.05, 4.69) is 17.5 Å². The van der Waals surface area contributed by atoms with Crippen LogP contribution in [0.25, 0.3) is 0 Å². The lowest BCUT2D eigenvalue weighted by Crippen LogP contribution is -2.29. The molecule has 0 spiro atoms. The number of carbonyl (C=O) groups excluding carboxylic acids is 2. The normalized spacial score (nSPS) is 15.2. The fraction of sp³-hybridized carbons (Fsp3) is 0.600. The first-order valence-electron chi connectivity index (χ1n) is 12.1.